The smallest absolute Gasteiger partial charge is 0.228 e. The minimum absolute atomic E-state index is 0.0430. The first-order chi connectivity index (χ1) is 11.5. The van der Waals surface area contributed by atoms with Gasteiger partial charge in [0.1, 0.15) is 11.5 Å². The average Bonchev–Trinajstić information content (AvgIpc) is 3.10. The van der Waals surface area contributed by atoms with Crippen LogP contribution in [0.3, 0.4) is 0 Å². The van der Waals surface area contributed by atoms with Gasteiger partial charge in [-0.1, -0.05) is 17.7 Å². The largest absolute Gasteiger partial charge is 0.335 e. The number of carbonyl (C=O) groups excluding carboxylic acids is 2. The second kappa shape index (κ2) is 6.96. The zero-order valence-corrected chi connectivity index (χ0v) is 13.9. The molecule has 0 aliphatic carbocycles. The predicted molar refractivity (Wildman–Crippen MR) is 87.1 cm³/mol. The summed E-state index contributed by atoms with van der Waals surface area (Å²) in [5.41, 5.74) is 0.883. The minimum Gasteiger partial charge on any atom is -0.335 e. The number of hydrogen-bond acceptors (Lipinski definition) is 5. The molecule has 1 N–H and O–H groups in total. The highest BCUT2D eigenvalue weighted by molar-refractivity contribution is 6.29. The number of amides is 2. The Balaban J connectivity index is 1.63. The van der Waals surface area contributed by atoms with E-state index >= 15 is 0 Å². The Hall–Kier alpha value is -2.48. The molecular weight excluding hydrogens is 332 g/mol. The number of halogens is 1. The van der Waals surface area contributed by atoms with Crippen LogP contribution in [0, 0.1) is 0 Å². The van der Waals surface area contributed by atoms with Crippen LogP contribution >= 0.6 is 11.6 Å². The molecule has 3 rings (SSSR count). The molecular formula is C15H17ClN6O2. The van der Waals surface area contributed by atoms with Crippen molar-refractivity contribution in [2.45, 2.75) is 31.8 Å². The van der Waals surface area contributed by atoms with Gasteiger partial charge in [0.05, 0.1) is 0 Å². The summed E-state index contributed by atoms with van der Waals surface area (Å²) in [6.07, 6.45) is 4.34. The van der Waals surface area contributed by atoms with E-state index in [4.69, 9.17) is 11.6 Å². The van der Waals surface area contributed by atoms with E-state index in [0.717, 1.165) is 5.56 Å². The minimum atomic E-state index is -0.190. The van der Waals surface area contributed by atoms with Crippen molar-refractivity contribution in [3.63, 3.8) is 0 Å². The molecule has 1 aliphatic heterocycles. The molecule has 0 saturated carbocycles. The monoisotopic (exact) mass is 348 g/mol. The molecule has 1 aliphatic rings. The number of nitrogens with zero attached hydrogens (tertiary/aromatic N) is 5. The summed E-state index contributed by atoms with van der Waals surface area (Å²) in [6.45, 7) is 0.422. The van der Waals surface area contributed by atoms with Crippen molar-refractivity contribution in [1.82, 2.24) is 24.6 Å². The fourth-order valence-electron chi connectivity index (χ4n) is 2.72. The van der Waals surface area contributed by atoms with Gasteiger partial charge in [-0.25, -0.2) is 9.67 Å². The lowest BCUT2D eigenvalue weighted by Crippen LogP contribution is -2.35. The summed E-state index contributed by atoms with van der Waals surface area (Å²) in [7, 11) is 1.70. The van der Waals surface area contributed by atoms with Crippen LogP contribution in [0.4, 0.5) is 5.95 Å². The Morgan fingerprint density at radius 3 is 2.92 bits per heavy atom. The van der Waals surface area contributed by atoms with Crippen LogP contribution in [-0.2, 0) is 23.2 Å². The molecule has 0 radical (unpaired) electrons. The van der Waals surface area contributed by atoms with Crippen molar-refractivity contribution in [3.8, 4) is 0 Å². The molecule has 2 amide bonds. The first kappa shape index (κ1) is 16.4. The van der Waals surface area contributed by atoms with E-state index in [1.807, 2.05) is 6.07 Å². The molecule has 2 aromatic rings. The van der Waals surface area contributed by atoms with Gasteiger partial charge in [0, 0.05) is 38.7 Å². The second-order valence-corrected chi connectivity index (χ2v) is 6.05. The fraction of sp³-hybridized carbons (Fsp3) is 0.400. The average molecular weight is 349 g/mol. The van der Waals surface area contributed by atoms with Gasteiger partial charge < -0.3 is 4.90 Å². The number of aryl methyl sites for hydroxylation is 1. The highest BCUT2D eigenvalue weighted by Gasteiger charge is 2.32. The molecule has 126 valence electrons. The Morgan fingerprint density at radius 2 is 2.25 bits per heavy atom. The molecule has 0 aromatic carbocycles. The first-order valence-corrected chi connectivity index (χ1v) is 7.94. The quantitative estimate of drug-likeness (QED) is 0.824. The van der Waals surface area contributed by atoms with E-state index < -0.39 is 0 Å². The van der Waals surface area contributed by atoms with Gasteiger partial charge in [-0.2, -0.15) is 10.1 Å². The van der Waals surface area contributed by atoms with Gasteiger partial charge >= 0.3 is 0 Å². The first-order valence-electron chi connectivity index (χ1n) is 7.56. The summed E-state index contributed by atoms with van der Waals surface area (Å²) >= 11 is 5.78. The molecule has 0 bridgehead atoms. The molecule has 9 heteroatoms. The van der Waals surface area contributed by atoms with Crippen molar-refractivity contribution in [2.24, 2.45) is 7.05 Å². The van der Waals surface area contributed by atoms with E-state index in [0.29, 0.717) is 30.5 Å². The van der Waals surface area contributed by atoms with Crippen molar-refractivity contribution in [2.75, 3.05) is 5.32 Å². The topological polar surface area (TPSA) is 93.0 Å². The van der Waals surface area contributed by atoms with E-state index in [2.05, 4.69) is 20.4 Å². The zero-order chi connectivity index (χ0) is 17.1. The zero-order valence-electron chi connectivity index (χ0n) is 13.1. The van der Waals surface area contributed by atoms with E-state index in [-0.39, 0.29) is 24.3 Å². The predicted octanol–water partition coefficient (Wildman–Crippen LogP) is 1.38. The van der Waals surface area contributed by atoms with Crippen LogP contribution in [0.2, 0.25) is 5.15 Å². The third kappa shape index (κ3) is 3.70. The summed E-state index contributed by atoms with van der Waals surface area (Å²) in [5, 5.41) is 7.01. The Labute approximate surface area is 143 Å². The van der Waals surface area contributed by atoms with E-state index in [1.54, 1.807) is 24.2 Å². The van der Waals surface area contributed by atoms with Crippen molar-refractivity contribution in [1.29, 1.82) is 0 Å². The summed E-state index contributed by atoms with van der Waals surface area (Å²) in [4.78, 5) is 34.0. The van der Waals surface area contributed by atoms with Gasteiger partial charge in [0.15, 0.2) is 0 Å². The third-order valence-electron chi connectivity index (χ3n) is 3.98. The lowest BCUT2D eigenvalue weighted by Gasteiger charge is -2.24. The lowest BCUT2D eigenvalue weighted by molar-refractivity contribution is -0.130. The van der Waals surface area contributed by atoms with Crippen LogP contribution in [0.15, 0.2) is 24.7 Å². The van der Waals surface area contributed by atoms with Crippen LogP contribution < -0.4 is 5.32 Å². The highest BCUT2D eigenvalue weighted by atomic mass is 35.5. The van der Waals surface area contributed by atoms with Crippen molar-refractivity contribution >= 4 is 29.4 Å². The van der Waals surface area contributed by atoms with Crippen LogP contribution in [0.1, 0.15) is 24.8 Å². The van der Waals surface area contributed by atoms with Gasteiger partial charge in [-0.3, -0.25) is 14.9 Å². The standard InChI is InChI=1S/C15H17ClN6O2/c1-21-15(18-9-19-21)20-13(23)6-11-3-5-14(24)22(11)8-10-2-4-12(16)17-7-10/h2,4,7,9,11H,3,5-6,8H2,1H3,(H,18,19,20,23). The van der Waals surface area contributed by atoms with E-state index in [1.165, 1.54) is 11.0 Å². The maximum atomic E-state index is 12.2. The van der Waals surface area contributed by atoms with Gasteiger partial charge in [0.2, 0.25) is 17.8 Å². The SMILES string of the molecule is Cn1ncnc1NC(=O)CC1CCC(=O)N1Cc1ccc(Cl)nc1. The maximum Gasteiger partial charge on any atom is 0.228 e. The molecule has 24 heavy (non-hydrogen) atoms. The van der Waals surface area contributed by atoms with Gasteiger partial charge in [0.25, 0.3) is 0 Å². The van der Waals surface area contributed by atoms with Gasteiger partial charge in [-0.05, 0) is 18.1 Å². The Kier molecular flexibility index (Phi) is 4.75. The molecule has 1 unspecified atom stereocenters. The number of rotatable bonds is 5. The number of pyridine rings is 1. The molecule has 3 heterocycles. The number of anilines is 1. The van der Waals surface area contributed by atoms with Gasteiger partial charge in [-0.15, -0.1) is 0 Å². The molecule has 1 atom stereocenters. The summed E-state index contributed by atoms with van der Waals surface area (Å²) in [6, 6.07) is 3.38. The number of hydrogen-bond donors (Lipinski definition) is 1. The number of nitrogens with one attached hydrogen (secondary N) is 1. The normalized spacial score (nSPS) is 17.3. The Morgan fingerprint density at radius 1 is 1.42 bits per heavy atom. The fourth-order valence-corrected chi connectivity index (χ4v) is 2.83. The number of likely N-dealkylation sites (tertiary alicyclic amines) is 1. The van der Waals surface area contributed by atoms with Crippen LogP contribution in [-0.4, -0.2) is 42.5 Å². The van der Waals surface area contributed by atoms with Crippen LogP contribution in [0.25, 0.3) is 0 Å². The lowest BCUT2D eigenvalue weighted by atomic mass is 10.1. The second-order valence-electron chi connectivity index (χ2n) is 5.66. The number of aromatic nitrogens is 4. The molecule has 1 fully saturated rings. The molecule has 1 saturated heterocycles. The van der Waals surface area contributed by atoms with Crippen molar-refractivity contribution < 1.29 is 9.59 Å². The van der Waals surface area contributed by atoms with E-state index in [9.17, 15) is 9.59 Å². The van der Waals surface area contributed by atoms with Crippen LogP contribution in [0.5, 0.6) is 0 Å². The molecule has 8 nitrogen and oxygen atoms in total. The third-order valence-corrected chi connectivity index (χ3v) is 4.20. The Bertz CT molecular complexity index is 745. The maximum absolute atomic E-state index is 12.2. The molecule has 0 spiro atoms. The number of carbonyl (C=O) groups is 2. The highest BCUT2D eigenvalue weighted by Crippen LogP contribution is 2.24. The van der Waals surface area contributed by atoms with Crippen molar-refractivity contribution in [3.05, 3.63) is 35.4 Å². The summed E-state index contributed by atoms with van der Waals surface area (Å²) < 4.78 is 1.48. The molecule has 2 aromatic heterocycles. The summed E-state index contributed by atoms with van der Waals surface area (Å²) in [5.74, 6) is 0.240.